The lowest BCUT2D eigenvalue weighted by molar-refractivity contribution is -0.124. The average molecular weight is 354 g/mol. The first-order valence-corrected chi connectivity index (χ1v) is 9.84. The van der Waals surface area contributed by atoms with Crippen LogP contribution in [-0.4, -0.2) is 29.6 Å². The van der Waals surface area contributed by atoms with E-state index in [1.165, 1.54) is 18.4 Å². The molecule has 0 aromatic heterocycles. The minimum atomic E-state index is -0.574. The van der Waals surface area contributed by atoms with Crippen LogP contribution in [0.5, 0.6) is 0 Å². The third kappa shape index (κ3) is 3.62. The number of carbonyl (C=O) groups excluding carboxylic acids is 2. The second-order valence-corrected chi connectivity index (χ2v) is 8.46. The van der Waals surface area contributed by atoms with Crippen LogP contribution < -0.4 is 0 Å². The van der Waals surface area contributed by atoms with Crippen molar-refractivity contribution >= 4 is 11.6 Å². The van der Waals surface area contributed by atoms with Crippen molar-refractivity contribution in [2.45, 2.75) is 59.3 Å². The lowest BCUT2D eigenvalue weighted by atomic mass is 9.86. The van der Waals surface area contributed by atoms with Crippen molar-refractivity contribution in [2.75, 3.05) is 13.1 Å². The van der Waals surface area contributed by atoms with Crippen molar-refractivity contribution in [2.24, 2.45) is 11.8 Å². The Morgan fingerprint density at radius 3 is 2.27 bits per heavy atom. The number of piperidine rings is 1. The average Bonchev–Trinajstić information content (AvgIpc) is 2.82. The van der Waals surface area contributed by atoms with E-state index in [1.54, 1.807) is 0 Å². The second-order valence-electron chi connectivity index (χ2n) is 8.46. The maximum absolute atomic E-state index is 13.1. The van der Waals surface area contributed by atoms with Crippen molar-refractivity contribution in [1.82, 2.24) is 4.90 Å². The number of nitrogens with zero attached hydrogens (tertiary/aromatic N) is 1. The molecular weight excluding hydrogens is 322 g/mol. The van der Waals surface area contributed by atoms with Crippen LogP contribution in [0.2, 0.25) is 0 Å². The van der Waals surface area contributed by atoms with Gasteiger partial charge in [0.15, 0.2) is 5.78 Å². The van der Waals surface area contributed by atoms with Gasteiger partial charge in [0.1, 0.15) is 11.7 Å². The molecule has 3 nitrogen and oxygen atoms in total. The molecule has 0 spiro atoms. The molecule has 0 N–H and O–H groups in total. The molecule has 1 saturated carbocycles. The molecule has 1 aromatic rings. The molecule has 2 unspecified atom stereocenters. The van der Waals surface area contributed by atoms with Crippen LogP contribution in [0.1, 0.15) is 60.8 Å². The molecule has 1 aromatic carbocycles. The van der Waals surface area contributed by atoms with Gasteiger partial charge in [-0.05, 0) is 62.6 Å². The topological polar surface area (TPSA) is 37.4 Å². The van der Waals surface area contributed by atoms with Gasteiger partial charge >= 0.3 is 0 Å². The maximum atomic E-state index is 13.1. The number of ketones is 2. The Kier molecular flexibility index (Phi) is 5.36. The highest BCUT2D eigenvalue weighted by atomic mass is 16.2. The number of aryl methyl sites for hydroxylation is 3. The number of benzene rings is 1. The van der Waals surface area contributed by atoms with E-state index in [2.05, 4.69) is 30.5 Å². The van der Waals surface area contributed by atoms with Gasteiger partial charge in [-0.25, -0.2) is 0 Å². The van der Waals surface area contributed by atoms with Crippen molar-refractivity contribution in [3.63, 3.8) is 0 Å². The third-order valence-corrected chi connectivity index (χ3v) is 6.20. The summed E-state index contributed by atoms with van der Waals surface area (Å²) in [5.41, 5.74) is 5.25. The number of hydrogen-bond acceptors (Lipinski definition) is 3. The van der Waals surface area contributed by atoms with Crippen molar-refractivity contribution in [1.29, 1.82) is 0 Å². The van der Waals surface area contributed by atoms with Crippen LogP contribution in [0.15, 0.2) is 24.4 Å². The zero-order valence-corrected chi connectivity index (χ0v) is 16.6. The predicted molar refractivity (Wildman–Crippen MR) is 105 cm³/mol. The molecule has 2 aliphatic rings. The molecule has 140 valence electrons. The zero-order chi connectivity index (χ0) is 19.0. The summed E-state index contributed by atoms with van der Waals surface area (Å²) in [5.74, 6) is 0.159. The summed E-state index contributed by atoms with van der Waals surface area (Å²) in [5, 5.41) is 0. The number of rotatable bonds is 4. The molecule has 0 bridgehead atoms. The highest BCUT2D eigenvalue weighted by Gasteiger charge is 2.43. The van der Waals surface area contributed by atoms with E-state index in [0.29, 0.717) is 12.8 Å². The number of Topliss-reactive ketones (excluding diaryl/α,β-unsaturated/α-hetero) is 2. The number of allylic oxidation sites excluding steroid dienone is 1. The van der Waals surface area contributed by atoms with E-state index in [9.17, 15) is 9.59 Å². The van der Waals surface area contributed by atoms with Crippen LogP contribution in [0.4, 0.5) is 0 Å². The fraction of sp³-hybridized carbons (Fsp3) is 0.565. The van der Waals surface area contributed by atoms with Gasteiger partial charge in [-0.15, -0.1) is 0 Å². The third-order valence-electron chi connectivity index (χ3n) is 6.20. The summed E-state index contributed by atoms with van der Waals surface area (Å²) in [7, 11) is 0. The first kappa shape index (κ1) is 18.9. The fourth-order valence-corrected chi connectivity index (χ4v) is 4.72. The lowest BCUT2D eigenvalue weighted by Crippen LogP contribution is -2.33. The second kappa shape index (κ2) is 7.38. The normalized spacial score (nSPS) is 24.4. The van der Waals surface area contributed by atoms with Gasteiger partial charge in [-0.1, -0.05) is 31.2 Å². The van der Waals surface area contributed by atoms with Gasteiger partial charge in [0.05, 0.1) is 0 Å². The molecule has 1 heterocycles. The lowest BCUT2D eigenvalue weighted by Gasteiger charge is -2.34. The summed E-state index contributed by atoms with van der Waals surface area (Å²) >= 11 is 0. The van der Waals surface area contributed by atoms with Crippen LogP contribution in [0, 0.1) is 32.6 Å². The summed E-state index contributed by atoms with van der Waals surface area (Å²) in [6.45, 7) is 14.6. The highest BCUT2D eigenvalue weighted by molar-refractivity contribution is 6.15. The van der Waals surface area contributed by atoms with Gasteiger partial charge < -0.3 is 4.90 Å². The standard InChI is InChI=1S/C23H31NO2/c1-14-6-8-24(9-7-14)18(5)12-19-13-20(25)22(23(19)26)21-16(3)10-15(2)11-17(21)4/h10-11,14,19,22H,5-9,12-13H2,1-4H3. The Labute approximate surface area is 157 Å². The van der Waals surface area contributed by atoms with E-state index in [1.807, 2.05) is 20.8 Å². The summed E-state index contributed by atoms with van der Waals surface area (Å²) in [6, 6.07) is 4.15. The Balaban J connectivity index is 1.74. The molecule has 3 rings (SSSR count). The van der Waals surface area contributed by atoms with Crippen molar-refractivity contribution in [3.05, 3.63) is 46.7 Å². The molecule has 1 aliphatic heterocycles. The summed E-state index contributed by atoms with van der Waals surface area (Å²) < 4.78 is 0. The molecule has 2 atom stereocenters. The van der Waals surface area contributed by atoms with Crippen LogP contribution in [-0.2, 0) is 9.59 Å². The van der Waals surface area contributed by atoms with E-state index >= 15 is 0 Å². The Bertz CT molecular complexity index is 718. The molecule has 3 heteroatoms. The van der Waals surface area contributed by atoms with Gasteiger partial charge in [0.25, 0.3) is 0 Å². The van der Waals surface area contributed by atoms with E-state index in [0.717, 1.165) is 41.4 Å². The summed E-state index contributed by atoms with van der Waals surface area (Å²) in [4.78, 5) is 28.1. The minimum absolute atomic E-state index is 0.0788. The first-order chi connectivity index (χ1) is 12.3. The first-order valence-electron chi connectivity index (χ1n) is 9.84. The van der Waals surface area contributed by atoms with Gasteiger partial charge in [0.2, 0.25) is 0 Å². The maximum Gasteiger partial charge on any atom is 0.151 e. The molecule has 0 amide bonds. The van der Waals surface area contributed by atoms with Crippen molar-refractivity contribution in [3.8, 4) is 0 Å². The number of hydrogen-bond donors (Lipinski definition) is 0. The number of likely N-dealkylation sites (tertiary alicyclic amines) is 1. The SMILES string of the molecule is C=C(CC1CC(=O)C(c2c(C)cc(C)cc2C)C1=O)N1CCC(C)CC1. The van der Waals surface area contributed by atoms with E-state index in [4.69, 9.17) is 0 Å². The molecule has 1 saturated heterocycles. The van der Waals surface area contributed by atoms with Gasteiger partial charge in [-0.3, -0.25) is 9.59 Å². The predicted octanol–water partition coefficient (Wildman–Crippen LogP) is 4.49. The number of carbonyl (C=O) groups is 2. The van der Waals surface area contributed by atoms with Gasteiger partial charge in [-0.2, -0.15) is 0 Å². The van der Waals surface area contributed by atoms with Crippen LogP contribution in [0.3, 0.4) is 0 Å². The Morgan fingerprint density at radius 1 is 1.12 bits per heavy atom. The zero-order valence-electron chi connectivity index (χ0n) is 16.6. The smallest absolute Gasteiger partial charge is 0.151 e. The largest absolute Gasteiger partial charge is 0.375 e. The molecule has 26 heavy (non-hydrogen) atoms. The molecule has 2 fully saturated rings. The fourth-order valence-electron chi connectivity index (χ4n) is 4.72. The molecule has 1 aliphatic carbocycles. The van der Waals surface area contributed by atoms with Crippen molar-refractivity contribution < 1.29 is 9.59 Å². The molecular formula is C23H31NO2. The van der Waals surface area contributed by atoms with Gasteiger partial charge in [0, 0.05) is 31.1 Å². The van der Waals surface area contributed by atoms with E-state index in [-0.39, 0.29) is 17.5 Å². The Hall–Kier alpha value is -1.90. The molecule has 0 radical (unpaired) electrons. The van der Waals surface area contributed by atoms with Crippen LogP contribution >= 0.6 is 0 Å². The van der Waals surface area contributed by atoms with Crippen LogP contribution in [0.25, 0.3) is 0 Å². The Morgan fingerprint density at radius 2 is 1.69 bits per heavy atom. The minimum Gasteiger partial charge on any atom is -0.375 e. The monoisotopic (exact) mass is 353 g/mol. The quantitative estimate of drug-likeness (QED) is 0.749. The highest BCUT2D eigenvalue weighted by Crippen LogP contribution is 2.39. The van der Waals surface area contributed by atoms with E-state index < -0.39 is 5.92 Å². The summed E-state index contributed by atoms with van der Waals surface area (Å²) in [6.07, 6.45) is 3.35.